The molecule has 1 aromatic heterocycles. The highest BCUT2D eigenvalue weighted by Gasteiger charge is 2.29. The molecule has 2 aliphatic rings. The molecule has 1 amide bonds. The van der Waals surface area contributed by atoms with Crippen LogP contribution in [0, 0.1) is 12.8 Å². The minimum absolute atomic E-state index is 0.192. The molecule has 0 saturated heterocycles. The molecule has 5 nitrogen and oxygen atoms in total. The molecule has 0 spiro atoms. The van der Waals surface area contributed by atoms with Gasteiger partial charge in [0.15, 0.2) is 0 Å². The quantitative estimate of drug-likeness (QED) is 0.326. The van der Waals surface area contributed by atoms with E-state index in [2.05, 4.69) is 63.6 Å². The van der Waals surface area contributed by atoms with Crippen LogP contribution in [0.5, 0.6) is 0 Å². The van der Waals surface area contributed by atoms with Crippen LogP contribution in [-0.4, -0.2) is 35.4 Å². The van der Waals surface area contributed by atoms with Crippen LogP contribution in [0.25, 0.3) is 10.9 Å². The van der Waals surface area contributed by atoms with Gasteiger partial charge in [-0.05, 0) is 97.2 Å². The Labute approximate surface area is 215 Å². The topological polar surface area (TPSA) is 47.4 Å². The van der Waals surface area contributed by atoms with Gasteiger partial charge in [0.1, 0.15) is 0 Å². The number of rotatable bonds is 10. The number of carbonyl (C=O) groups is 1. The highest BCUT2D eigenvalue weighted by Crippen LogP contribution is 2.38. The molecular weight excluding hydrogens is 446 g/mol. The van der Waals surface area contributed by atoms with Crippen molar-refractivity contribution in [2.75, 3.05) is 18.6 Å². The molecule has 0 bridgehead atoms. The summed E-state index contributed by atoms with van der Waals surface area (Å²) in [6.45, 7) is 12.9. The first kappa shape index (κ1) is 25.0. The van der Waals surface area contributed by atoms with E-state index in [1.165, 1.54) is 51.6 Å². The predicted molar refractivity (Wildman–Crippen MR) is 147 cm³/mol. The molecule has 192 valence electrons. The predicted octanol–water partition coefficient (Wildman–Crippen LogP) is 6.54. The van der Waals surface area contributed by atoms with E-state index in [0.717, 1.165) is 37.6 Å². The second-order valence-electron chi connectivity index (χ2n) is 11.6. The maximum atomic E-state index is 12.5. The maximum absolute atomic E-state index is 12.5. The van der Waals surface area contributed by atoms with Crippen molar-refractivity contribution in [1.29, 1.82) is 0 Å². The normalized spacial score (nSPS) is 17.3. The Hall–Kier alpha value is -2.66. The van der Waals surface area contributed by atoms with Crippen molar-refractivity contribution in [1.82, 2.24) is 9.78 Å². The van der Waals surface area contributed by atoms with E-state index in [1.807, 2.05) is 18.1 Å². The number of hydrogen-bond acceptors (Lipinski definition) is 3. The van der Waals surface area contributed by atoms with Crippen molar-refractivity contribution in [2.45, 2.75) is 91.2 Å². The van der Waals surface area contributed by atoms with Gasteiger partial charge in [-0.1, -0.05) is 32.9 Å². The number of anilines is 1. The number of amides is 1. The number of fused-ring (bicyclic) bond motifs is 2. The highest BCUT2D eigenvalue weighted by atomic mass is 16.5. The summed E-state index contributed by atoms with van der Waals surface area (Å²) in [5.41, 5.74) is 8.77. The lowest BCUT2D eigenvalue weighted by molar-refractivity contribution is -0.117. The summed E-state index contributed by atoms with van der Waals surface area (Å²) in [4.78, 5) is 14.4. The van der Waals surface area contributed by atoms with Gasteiger partial charge in [0.25, 0.3) is 0 Å². The van der Waals surface area contributed by atoms with Gasteiger partial charge in [0, 0.05) is 25.6 Å². The zero-order chi connectivity index (χ0) is 25.6. The van der Waals surface area contributed by atoms with Crippen LogP contribution in [0.3, 0.4) is 0 Å². The summed E-state index contributed by atoms with van der Waals surface area (Å²) < 4.78 is 8.14. The smallest absolute Gasteiger partial charge is 0.231 e. The molecule has 5 rings (SSSR count). The number of hydrogen-bond donors (Lipinski definition) is 0. The van der Waals surface area contributed by atoms with Crippen molar-refractivity contribution in [3.8, 4) is 0 Å². The Balaban J connectivity index is 1.35. The summed E-state index contributed by atoms with van der Waals surface area (Å²) >= 11 is 0. The molecule has 2 heterocycles. The fourth-order valence-corrected chi connectivity index (χ4v) is 5.62. The Morgan fingerprint density at radius 2 is 1.89 bits per heavy atom. The van der Waals surface area contributed by atoms with Crippen LogP contribution in [0.15, 0.2) is 30.5 Å². The summed E-state index contributed by atoms with van der Waals surface area (Å²) in [7, 11) is 1.92. The molecule has 3 aromatic rings. The molecule has 1 aliphatic heterocycles. The van der Waals surface area contributed by atoms with Gasteiger partial charge in [-0.3, -0.25) is 9.48 Å². The van der Waals surface area contributed by atoms with Crippen molar-refractivity contribution < 1.29 is 9.53 Å². The molecule has 2 atom stereocenters. The molecule has 5 heteroatoms. The lowest BCUT2D eigenvalue weighted by atomic mass is 9.87. The van der Waals surface area contributed by atoms with E-state index in [-0.39, 0.29) is 12.0 Å². The average Bonchev–Trinajstić information content (AvgIpc) is 3.52. The molecule has 1 fully saturated rings. The SMILES string of the molecule is Cc1cc2c(cnn2CCC(C)OCC2CC2)cc1C(C)Cc1cc(C(C)C)cc2c1N(C)C(=O)C2. The lowest BCUT2D eigenvalue weighted by Gasteiger charge is -2.22. The number of aryl methyl sites for hydroxylation is 2. The number of likely N-dealkylation sites (N-methyl/N-ethyl adjacent to an activating group) is 1. The first-order chi connectivity index (χ1) is 17.2. The lowest BCUT2D eigenvalue weighted by Crippen LogP contribution is -2.22. The Bertz CT molecular complexity index is 1270. The number of nitrogens with zero attached hydrogens (tertiary/aromatic N) is 3. The second kappa shape index (κ2) is 10.0. The Morgan fingerprint density at radius 3 is 2.61 bits per heavy atom. The third kappa shape index (κ3) is 5.08. The van der Waals surface area contributed by atoms with Crippen molar-refractivity contribution in [3.63, 3.8) is 0 Å². The third-order valence-corrected chi connectivity index (χ3v) is 8.16. The number of benzene rings is 2. The van der Waals surface area contributed by atoms with Crippen molar-refractivity contribution in [2.24, 2.45) is 5.92 Å². The summed E-state index contributed by atoms with van der Waals surface area (Å²) in [5.74, 6) is 1.77. The molecule has 0 radical (unpaired) electrons. The number of carbonyl (C=O) groups excluding carboxylic acids is 1. The van der Waals surface area contributed by atoms with Gasteiger partial charge in [-0.2, -0.15) is 5.10 Å². The van der Waals surface area contributed by atoms with Gasteiger partial charge < -0.3 is 9.64 Å². The molecule has 1 saturated carbocycles. The molecule has 2 aromatic carbocycles. The first-order valence-corrected chi connectivity index (χ1v) is 13.7. The van der Waals surface area contributed by atoms with Crippen LogP contribution in [0.4, 0.5) is 5.69 Å². The van der Waals surface area contributed by atoms with Gasteiger partial charge in [-0.15, -0.1) is 0 Å². The zero-order valence-corrected chi connectivity index (χ0v) is 22.8. The van der Waals surface area contributed by atoms with E-state index in [9.17, 15) is 4.79 Å². The molecule has 2 unspecified atom stereocenters. The van der Waals surface area contributed by atoms with E-state index < -0.39 is 0 Å². The van der Waals surface area contributed by atoms with Crippen LogP contribution >= 0.6 is 0 Å². The largest absolute Gasteiger partial charge is 0.378 e. The molecule has 0 N–H and O–H groups in total. The molecule has 1 aliphatic carbocycles. The molecule has 36 heavy (non-hydrogen) atoms. The Morgan fingerprint density at radius 1 is 1.11 bits per heavy atom. The van der Waals surface area contributed by atoms with Gasteiger partial charge >= 0.3 is 0 Å². The van der Waals surface area contributed by atoms with Gasteiger partial charge in [0.2, 0.25) is 5.91 Å². The van der Waals surface area contributed by atoms with Gasteiger partial charge in [0.05, 0.1) is 29.9 Å². The van der Waals surface area contributed by atoms with Crippen molar-refractivity contribution >= 4 is 22.5 Å². The van der Waals surface area contributed by atoms with E-state index in [1.54, 1.807) is 0 Å². The Kier molecular flexibility index (Phi) is 6.95. The third-order valence-electron chi connectivity index (χ3n) is 8.16. The maximum Gasteiger partial charge on any atom is 0.231 e. The fourth-order valence-electron chi connectivity index (χ4n) is 5.62. The van der Waals surface area contributed by atoms with Crippen LogP contribution in [-0.2, 0) is 28.9 Å². The number of ether oxygens (including phenoxy) is 1. The standard InChI is InChI=1S/C31H41N3O2/c1-19(2)24-13-25(31-26(14-24)16-30(35)33(31)6)11-20(3)28-15-27-17-32-34(29(27)12-21(28)4)10-9-22(5)36-18-23-7-8-23/h12-15,17,19-20,22-23H,7-11,16,18H2,1-6H3. The van der Waals surface area contributed by atoms with E-state index >= 15 is 0 Å². The zero-order valence-electron chi connectivity index (χ0n) is 22.8. The minimum atomic E-state index is 0.192. The molecular formula is C31H41N3O2. The monoisotopic (exact) mass is 487 g/mol. The van der Waals surface area contributed by atoms with Crippen LogP contribution in [0.1, 0.15) is 86.6 Å². The second-order valence-corrected chi connectivity index (χ2v) is 11.6. The van der Waals surface area contributed by atoms with Gasteiger partial charge in [-0.25, -0.2) is 0 Å². The highest BCUT2D eigenvalue weighted by molar-refractivity contribution is 6.02. The summed E-state index contributed by atoms with van der Waals surface area (Å²) in [6.07, 6.45) is 7.33. The summed E-state index contributed by atoms with van der Waals surface area (Å²) in [6, 6.07) is 9.19. The fraction of sp³-hybridized carbons (Fsp3) is 0.548. The van der Waals surface area contributed by atoms with E-state index in [4.69, 9.17) is 9.84 Å². The van der Waals surface area contributed by atoms with Crippen LogP contribution < -0.4 is 4.90 Å². The van der Waals surface area contributed by atoms with Crippen molar-refractivity contribution in [3.05, 3.63) is 58.3 Å². The summed E-state index contributed by atoms with van der Waals surface area (Å²) in [5, 5.41) is 5.91. The first-order valence-electron chi connectivity index (χ1n) is 13.7. The van der Waals surface area contributed by atoms with E-state index in [0.29, 0.717) is 18.3 Å². The van der Waals surface area contributed by atoms with Crippen LogP contribution in [0.2, 0.25) is 0 Å². The minimum Gasteiger partial charge on any atom is -0.378 e. The number of aromatic nitrogens is 2. The average molecular weight is 488 g/mol.